The molecule has 0 radical (unpaired) electrons. The quantitative estimate of drug-likeness (QED) is 0.107. The Hall–Kier alpha value is -0.360. The molecule has 0 bridgehead atoms. The van der Waals surface area contributed by atoms with Gasteiger partial charge in [0.2, 0.25) is 11.0 Å². The van der Waals surface area contributed by atoms with Crippen molar-refractivity contribution in [3.8, 4) is 0 Å². The first-order valence-electron chi connectivity index (χ1n) is 11.8. The molecule has 0 saturated carbocycles. The first kappa shape index (κ1) is 31.6. The van der Waals surface area contributed by atoms with Crippen molar-refractivity contribution in [1.29, 1.82) is 0 Å². The van der Waals surface area contributed by atoms with Gasteiger partial charge in [-0.2, -0.15) is 0 Å². The maximum Gasteiger partial charge on any atom is 0.396 e. The molecule has 8 nitrogen and oxygen atoms in total. The Morgan fingerprint density at radius 3 is 0.812 bits per heavy atom. The summed E-state index contributed by atoms with van der Waals surface area (Å²) in [6.07, 6.45) is 15.8. The third kappa shape index (κ3) is 13.4. The number of carbonyl (C=O) groups is 2. The van der Waals surface area contributed by atoms with Crippen molar-refractivity contribution in [3.63, 3.8) is 0 Å². The molecular formula is C22H44O8P2. The van der Waals surface area contributed by atoms with E-state index in [9.17, 15) is 18.7 Å². The second-order valence-electron chi connectivity index (χ2n) is 7.96. The highest BCUT2D eigenvalue weighted by molar-refractivity contribution is 7.72. The molecule has 0 heterocycles. The van der Waals surface area contributed by atoms with Crippen molar-refractivity contribution in [2.45, 2.75) is 103 Å². The Morgan fingerprint density at radius 1 is 0.438 bits per heavy atom. The second-order valence-corrected chi connectivity index (χ2v) is 12.4. The predicted molar refractivity (Wildman–Crippen MR) is 127 cm³/mol. The Morgan fingerprint density at radius 2 is 0.625 bits per heavy atom. The lowest BCUT2D eigenvalue weighted by Gasteiger charge is -2.11. The Balaban J connectivity index is 3.44. The predicted octanol–water partition coefficient (Wildman–Crippen LogP) is 7.25. The second kappa shape index (κ2) is 19.0. The van der Waals surface area contributed by atoms with Crippen LogP contribution in [0.15, 0.2) is 0 Å². The van der Waals surface area contributed by atoms with Crippen molar-refractivity contribution in [3.05, 3.63) is 0 Å². The molecule has 0 saturated heterocycles. The van der Waals surface area contributed by atoms with E-state index < -0.39 is 26.2 Å². The summed E-state index contributed by atoms with van der Waals surface area (Å²) in [7, 11) is -2.14. The van der Waals surface area contributed by atoms with E-state index in [0.717, 1.165) is 51.4 Å². The van der Waals surface area contributed by atoms with Crippen molar-refractivity contribution in [1.82, 2.24) is 0 Å². The van der Waals surface area contributed by atoms with Gasteiger partial charge in [-0.1, -0.05) is 77.0 Å². The van der Waals surface area contributed by atoms with Gasteiger partial charge in [0.25, 0.3) is 0 Å². The highest BCUT2D eigenvalue weighted by atomic mass is 31.2. The van der Waals surface area contributed by atoms with E-state index in [1.807, 2.05) is 0 Å². The fourth-order valence-corrected chi connectivity index (χ4v) is 5.48. The van der Waals surface area contributed by atoms with Crippen LogP contribution in [0.25, 0.3) is 0 Å². The molecule has 190 valence electrons. The molecule has 0 aromatic carbocycles. The third-order valence-corrected chi connectivity index (χ3v) is 9.20. The van der Waals surface area contributed by atoms with Crippen molar-refractivity contribution in [2.24, 2.45) is 0 Å². The van der Waals surface area contributed by atoms with Crippen molar-refractivity contribution >= 4 is 26.2 Å². The maximum absolute atomic E-state index is 11.9. The molecule has 0 aromatic rings. The van der Waals surface area contributed by atoms with Gasteiger partial charge >= 0.3 is 15.2 Å². The first-order valence-corrected chi connectivity index (χ1v) is 14.9. The minimum Gasteiger partial charge on any atom is -0.307 e. The third-order valence-electron chi connectivity index (χ3n) is 5.60. The molecule has 0 rings (SSSR count). The van der Waals surface area contributed by atoms with Crippen LogP contribution in [0, 0.1) is 0 Å². The van der Waals surface area contributed by atoms with Crippen LogP contribution in [0.4, 0.5) is 0 Å². The standard InChI is InChI=1S/C22H44O8P2/c1-27-31(25,28-2)21(23)19-17-15-13-11-9-7-5-6-8-10-12-14-16-18-20-22(24)32(26,29-3)30-4/h5-20H2,1-4H3. The molecular weight excluding hydrogens is 454 g/mol. The molecule has 0 atom stereocenters. The van der Waals surface area contributed by atoms with E-state index in [1.165, 1.54) is 67.0 Å². The van der Waals surface area contributed by atoms with Crippen LogP contribution in [0.2, 0.25) is 0 Å². The average Bonchev–Trinajstić information content (AvgIpc) is 2.82. The number of unbranched alkanes of at least 4 members (excludes halogenated alkanes) is 13. The highest BCUT2D eigenvalue weighted by Crippen LogP contribution is 2.49. The van der Waals surface area contributed by atoms with Gasteiger partial charge < -0.3 is 18.1 Å². The molecule has 0 fully saturated rings. The topological polar surface area (TPSA) is 105 Å². The summed E-state index contributed by atoms with van der Waals surface area (Å²) in [5, 5.41) is 0. The molecule has 0 N–H and O–H groups in total. The summed E-state index contributed by atoms with van der Waals surface area (Å²) in [5.74, 6) is 0. The molecule has 0 aromatic heterocycles. The Bertz CT molecular complexity index is 541. The Kier molecular flexibility index (Phi) is 18.8. The zero-order chi connectivity index (χ0) is 24.3. The van der Waals surface area contributed by atoms with Gasteiger partial charge in [0.05, 0.1) is 0 Å². The summed E-state index contributed by atoms with van der Waals surface area (Å²) < 4.78 is 42.6. The number of carbonyl (C=O) groups excluding carboxylic acids is 2. The number of hydrogen-bond donors (Lipinski definition) is 0. The lowest BCUT2D eigenvalue weighted by atomic mass is 10.0. The summed E-state index contributed by atoms with van der Waals surface area (Å²) in [4.78, 5) is 23.6. The molecule has 0 aliphatic heterocycles. The van der Waals surface area contributed by atoms with Gasteiger partial charge in [-0.3, -0.25) is 18.7 Å². The maximum atomic E-state index is 11.9. The molecule has 10 heteroatoms. The molecule has 0 unspecified atom stereocenters. The Labute approximate surface area is 194 Å². The fourth-order valence-electron chi connectivity index (χ4n) is 3.50. The fraction of sp³-hybridized carbons (Fsp3) is 0.909. The summed E-state index contributed by atoms with van der Waals surface area (Å²) in [6, 6.07) is 0. The van der Waals surface area contributed by atoms with Gasteiger partial charge in [0, 0.05) is 41.3 Å². The minimum atomic E-state index is -3.55. The monoisotopic (exact) mass is 498 g/mol. The van der Waals surface area contributed by atoms with Gasteiger partial charge in [-0.25, -0.2) is 0 Å². The largest absolute Gasteiger partial charge is 0.396 e. The van der Waals surface area contributed by atoms with Crippen LogP contribution in [0.5, 0.6) is 0 Å². The number of rotatable bonds is 23. The SMILES string of the molecule is COP(=O)(OC)C(=O)CCCCCCCCCCCCCCCCC(=O)P(=O)(OC)OC. The molecule has 0 amide bonds. The molecule has 32 heavy (non-hydrogen) atoms. The zero-order valence-electron chi connectivity index (χ0n) is 20.5. The normalized spacial score (nSPS) is 12.2. The smallest absolute Gasteiger partial charge is 0.307 e. The van der Waals surface area contributed by atoms with Gasteiger partial charge in [0.15, 0.2) is 0 Å². The van der Waals surface area contributed by atoms with E-state index >= 15 is 0 Å². The van der Waals surface area contributed by atoms with E-state index in [1.54, 1.807) is 0 Å². The molecule has 0 aliphatic carbocycles. The zero-order valence-corrected chi connectivity index (χ0v) is 22.3. The van der Waals surface area contributed by atoms with Gasteiger partial charge in [-0.05, 0) is 12.8 Å². The van der Waals surface area contributed by atoms with Gasteiger partial charge in [-0.15, -0.1) is 0 Å². The summed E-state index contributed by atoms with van der Waals surface area (Å²) >= 11 is 0. The highest BCUT2D eigenvalue weighted by Gasteiger charge is 2.31. The lowest BCUT2D eigenvalue weighted by Crippen LogP contribution is -2.03. The lowest BCUT2D eigenvalue weighted by molar-refractivity contribution is -0.114. The molecule has 0 aliphatic rings. The van der Waals surface area contributed by atoms with Crippen LogP contribution >= 0.6 is 15.2 Å². The summed E-state index contributed by atoms with van der Waals surface area (Å²) in [6.45, 7) is 0. The summed E-state index contributed by atoms with van der Waals surface area (Å²) in [5.41, 5.74) is -0.863. The van der Waals surface area contributed by atoms with Crippen molar-refractivity contribution < 1.29 is 36.8 Å². The minimum absolute atomic E-state index is 0.246. The van der Waals surface area contributed by atoms with E-state index in [4.69, 9.17) is 18.1 Å². The van der Waals surface area contributed by atoms with Crippen LogP contribution in [-0.4, -0.2) is 39.5 Å². The van der Waals surface area contributed by atoms with E-state index in [-0.39, 0.29) is 12.8 Å². The number of hydrogen-bond acceptors (Lipinski definition) is 8. The van der Waals surface area contributed by atoms with Crippen LogP contribution in [0.1, 0.15) is 103 Å². The van der Waals surface area contributed by atoms with Gasteiger partial charge in [0.1, 0.15) is 0 Å². The average molecular weight is 499 g/mol. The van der Waals surface area contributed by atoms with Crippen LogP contribution in [0.3, 0.4) is 0 Å². The van der Waals surface area contributed by atoms with E-state index in [0.29, 0.717) is 0 Å². The molecule has 0 spiro atoms. The van der Waals surface area contributed by atoms with Crippen molar-refractivity contribution in [2.75, 3.05) is 28.4 Å². The van der Waals surface area contributed by atoms with Crippen LogP contribution in [-0.2, 0) is 36.8 Å². The van der Waals surface area contributed by atoms with E-state index in [2.05, 4.69) is 0 Å². The first-order chi connectivity index (χ1) is 15.3. The van der Waals surface area contributed by atoms with Crippen LogP contribution < -0.4 is 0 Å².